The molecule has 6 nitrogen and oxygen atoms in total. The van der Waals surface area contributed by atoms with Crippen molar-refractivity contribution in [1.29, 1.82) is 0 Å². The molecular formula is C22H24N4O2. The number of carbonyl (C=O) groups excluding carboxylic acids is 1. The third kappa shape index (κ3) is 3.38. The lowest BCUT2D eigenvalue weighted by atomic mass is 10.1. The van der Waals surface area contributed by atoms with E-state index in [0.717, 1.165) is 18.6 Å². The highest BCUT2D eigenvalue weighted by molar-refractivity contribution is 5.80. The first-order valence-electron chi connectivity index (χ1n) is 9.58. The number of aryl methyl sites for hydroxylation is 1. The van der Waals surface area contributed by atoms with Gasteiger partial charge in [0.1, 0.15) is 6.54 Å². The highest BCUT2D eigenvalue weighted by atomic mass is 16.2. The second kappa shape index (κ2) is 7.46. The average molecular weight is 376 g/mol. The van der Waals surface area contributed by atoms with Gasteiger partial charge in [0.15, 0.2) is 0 Å². The Morgan fingerprint density at radius 2 is 1.75 bits per heavy atom. The standard InChI is InChI=1S/C22H24N4O2/c1-16-6-5-9-19(17(16)2)24-10-12-25(13-11-24)22(28)15-26-20-8-4-3-7-18(20)23-14-21(26)27/h3-9,14H,10-13,15H2,1-2H3. The van der Waals surface area contributed by atoms with Crippen LogP contribution in [0.3, 0.4) is 0 Å². The molecule has 0 spiro atoms. The monoisotopic (exact) mass is 376 g/mol. The summed E-state index contributed by atoms with van der Waals surface area (Å²) in [5.41, 5.74) is 4.97. The number of benzene rings is 2. The first-order chi connectivity index (χ1) is 13.5. The van der Waals surface area contributed by atoms with Crippen LogP contribution in [-0.4, -0.2) is 46.5 Å². The first kappa shape index (κ1) is 18.2. The smallest absolute Gasteiger partial charge is 0.269 e. The van der Waals surface area contributed by atoms with Crippen molar-refractivity contribution in [2.75, 3.05) is 31.1 Å². The Kier molecular flexibility index (Phi) is 4.86. The number of rotatable bonds is 3. The van der Waals surface area contributed by atoms with Crippen molar-refractivity contribution >= 4 is 22.6 Å². The van der Waals surface area contributed by atoms with E-state index in [4.69, 9.17) is 0 Å². The molecule has 1 saturated heterocycles. The van der Waals surface area contributed by atoms with Crippen LogP contribution < -0.4 is 10.5 Å². The van der Waals surface area contributed by atoms with Gasteiger partial charge < -0.3 is 9.80 Å². The molecule has 0 N–H and O–H groups in total. The Balaban J connectivity index is 1.47. The molecule has 1 amide bonds. The largest absolute Gasteiger partial charge is 0.368 e. The van der Waals surface area contributed by atoms with E-state index in [1.165, 1.54) is 27.6 Å². The Morgan fingerprint density at radius 1 is 1.00 bits per heavy atom. The Bertz CT molecular complexity index is 1080. The predicted octanol–water partition coefficient (Wildman–Crippen LogP) is 2.36. The summed E-state index contributed by atoms with van der Waals surface area (Å²) in [4.78, 5) is 33.5. The molecule has 144 valence electrons. The fraction of sp³-hybridized carbons (Fsp3) is 0.318. The molecule has 6 heteroatoms. The van der Waals surface area contributed by atoms with E-state index in [1.807, 2.05) is 29.2 Å². The van der Waals surface area contributed by atoms with Gasteiger partial charge in [-0.2, -0.15) is 0 Å². The zero-order chi connectivity index (χ0) is 19.7. The quantitative estimate of drug-likeness (QED) is 0.704. The number of carbonyl (C=O) groups is 1. The van der Waals surface area contributed by atoms with Crippen LogP contribution in [0.1, 0.15) is 11.1 Å². The van der Waals surface area contributed by atoms with E-state index in [1.54, 1.807) is 0 Å². The lowest BCUT2D eigenvalue weighted by Gasteiger charge is -2.37. The van der Waals surface area contributed by atoms with Crippen LogP contribution in [0.5, 0.6) is 0 Å². The second-order valence-electron chi connectivity index (χ2n) is 7.26. The van der Waals surface area contributed by atoms with Gasteiger partial charge in [0, 0.05) is 31.9 Å². The van der Waals surface area contributed by atoms with Crippen molar-refractivity contribution in [3.8, 4) is 0 Å². The number of hydrogen-bond donors (Lipinski definition) is 0. The van der Waals surface area contributed by atoms with E-state index in [0.29, 0.717) is 18.6 Å². The van der Waals surface area contributed by atoms with Crippen LogP contribution >= 0.6 is 0 Å². The average Bonchev–Trinajstić information content (AvgIpc) is 2.72. The third-order valence-corrected chi connectivity index (χ3v) is 5.60. The van der Waals surface area contributed by atoms with Gasteiger partial charge >= 0.3 is 0 Å². The molecular weight excluding hydrogens is 352 g/mol. The minimum absolute atomic E-state index is 0.0286. The normalized spacial score (nSPS) is 14.5. The number of hydrogen-bond acceptors (Lipinski definition) is 4. The SMILES string of the molecule is Cc1cccc(N2CCN(C(=O)Cn3c(=O)cnc4ccccc43)CC2)c1C. The molecule has 1 aliphatic rings. The Labute approximate surface area is 164 Å². The van der Waals surface area contributed by atoms with Gasteiger partial charge in [0.25, 0.3) is 5.56 Å². The molecule has 0 atom stereocenters. The van der Waals surface area contributed by atoms with Gasteiger partial charge in [0.2, 0.25) is 5.91 Å². The molecule has 0 aliphatic carbocycles. The van der Waals surface area contributed by atoms with Gasteiger partial charge in [-0.3, -0.25) is 14.2 Å². The third-order valence-electron chi connectivity index (χ3n) is 5.60. The molecule has 3 aromatic rings. The van der Waals surface area contributed by atoms with E-state index in [2.05, 4.69) is 41.9 Å². The number of nitrogens with zero attached hydrogens (tertiary/aromatic N) is 4. The van der Waals surface area contributed by atoms with E-state index < -0.39 is 0 Å². The van der Waals surface area contributed by atoms with Crippen molar-refractivity contribution in [3.63, 3.8) is 0 Å². The lowest BCUT2D eigenvalue weighted by Crippen LogP contribution is -2.50. The zero-order valence-electron chi connectivity index (χ0n) is 16.3. The number of aromatic nitrogens is 2. The topological polar surface area (TPSA) is 58.4 Å². The number of amides is 1. The highest BCUT2D eigenvalue weighted by Crippen LogP contribution is 2.24. The summed E-state index contributed by atoms with van der Waals surface area (Å²) in [6, 6.07) is 13.7. The van der Waals surface area contributed by atoms with Crippen molar-refractivity contribution in [3.05, 3.63) is 70.1 Å². The summed E-state index contributed by atoms with van der Waals surface area (Å²) in [6.07, 6.45) is 1.29. The maximum atomic E-state index is 12.9. The van der Waals surface area contributed by atoms with E-state index in [9.17, 15) is 9.59 Å². The second-order valence-corrected chi connectivity index (χ2v) is 7.26. The van der Waals surface area contributed by atoms with Crippen LogP contribution in [0.15, 0.2) is 53.5 Å². The molecule has 2 aromatic carbocycles. The molecule has 0 saturated carbocycles. The van der Waals surface area contributed by atoms with Gasteiger partial charge in [0.05, 0.1) is 17.2 Å². The van der Waals surface area contributed by atoms with Crippen molar-refractivity contribution < 1.29 is 4.79 Å². The maximum Gasteiger partial charge on any atom is 0.269 e. The lowest BCUT2D eigenvalue weighted by molar-refractivity contribution is -0.132. The van der Waals surface area contributed by atoms with Crippen LogP contribution in [0.4, 0.5) is 5.69 Å². The Hall–Kier alpha value is -3.15. The van der Waals surface area contributed by atoms with Crippen LogP contribution in [0.2, 0.25) is 0 Å². The summed E-state index contributed by atoms with van der Waals surface area (Å²) in [5.74, 6) is -0.0286. The van der Waals surface area contributed by atoms with Gasteiger partial charge in [-0.25, -0.2) is 4.98 Å². The van der Waals surface area contributed by atoms with E-state index >= 15 is 0 Å². The van der Waals surface area contributed by atoms with Crippen LogP contribution in [-0.2, 0) is 11.3 Å². The summed E-state index contributed by atoms with van der Waals surface area (Å²) >= 11 is 0. The molecule has 4 rings (SSSR count). The van der Waals surface area contributed by atoms with Crippen LogP contribution in [0, 0.1) is 13.8 Å². The molecule has 1 aliphatic heterocycles. The number of para-hydroxylation sites is 2. The van der Waals surface area contributed by atoms with Gasteiger partial charge in [-0.1, -0.05) is 24.3 Å². The first-order valence-corrected chi connectivity index (χ1v) is 9.58. The fourth-order valence-corrected chi connectivity index (χ4v) is 3.79. The molecule has 1 fully saturated rings. The zero-order valence-corrected chi connectivity index (χ0v) is 16.3. The van der Waals surface area contributed by atoms with Crippen molar-refractivity contribution in [1.82, 2.24) is 14.5 Å². The van der Waals surface area contributed by atoms with Gasteiger partial charge in [-0.05, 0) is 43.2 Å². The number of anilines is 1. The molecule has 28 heavy (non-hydrogen) atoms. The van der Waals surface area contributed by atoms with Crippen LogP contribution in [0.25, 0.3) is 11.0 Å². The molecule has 2 heterocycles. The Morgan fingerprint density at radius 3 is 2.54 bits per heavy atom. The van der Waals surface area contributed by atoms with Crippen molar-refractivity contribution in [2.45, 2.75) is 20.4 Å². The molecule has 0 unspecified atom stereocenters. The summed E-state index contributed by atoms with van der Waals surface area (Å²) in [6.45, 7) is 7.21. The molecule has 0 radical (unpaired) electrons. The molecule has 0 bridgehead atoms. The highest BCUT2D eigenvalue weighted by Gasteiger charge is 2.23. The number of piperazine rings is 1. The van der Waals surface area contributed by atoms with E-state index in [-0.39, 0.29) is 18.0 Å². The summed E-state index contributed by atoms with van der Waals surface area (Å²) < 4.78 is 1.52. The maximum absolute atomic E-state index is 12.9. The van der Waals surface area contributed by atoms with Gasteiger partial charge in [-0.15, -0.1) is 0 Å². The van der Waals surface area contributed by atoms with Crippen molar-refractivity contribution in [2.24, 2.45) is 0 Å². The summed E-state index contributed by atoms with van der Waals surface area (Å²) in [5, 5.41) is 0. The molecule has 1 aromatic heterocycles. The number of fused-ring (bicyclic) bond motifs is 1. The fourth-order valence-electron chi connectivity index (χ4n) is 3.79. The predicted molar refractivity (Wildman–Crippen MR) is 111 cm³/mol. The minimum atomic E-state index is -0.249. The summed E-state index contributed by atoms with van der Waals surface area (Å²) in [7, 11) is 0. The minimum Gasteiger partial charge on any atom is -0.368 e.